The number of nitriles is 1. The lowest BCUT2D eigenvalue weighted by Crippen LogP contribution is -1.96. The number of nitrogens with zero attached hydrogens (tertiary/aromatic N) is 3. The van der Waals surface area contributed by atoms with Gasteiger partial charge >= 0.3 is 0 Å². The molecule has 0 aliphatic heterocycles. The van der Waals surface area contributed by atoms with Crippen molar-refractivity contribution in [2.75, 3.05) is 0 Å². The van der Waals surface area contributed by atoms with Crippen molar-refractivity contribution in [3.63, 3.8) is 0 Å². The van der Waals surface area contributed by atoms with E-state index in [-0.39, 0.29) is 5.82 Å². The van der Waals surface area contributed by atoms with Crippen LogP contribution in [-0.2, 0) is 7.05 Å². The molecule has 3 rings (SSSR count). The molecule has 0 aliphatic rings. The number of imidazole rings is 1. The Morgan fingerprint density at radius 3 is 2.82 bits per heavy atom. The predicted octanol–water partition coefficient (Wildman–Crippen LogP) is 4.54. The molecule has 0 radical (unpaired) electrons. The molecule has 0 N–H and O–H groups in total. The van der Waals surface area contributed by atoms with Gasteiger partial charge in [0.25, 0.3) is 0 Å². The standard InChI is InChI=1S/C17H11BrFN3/c1-22-16-5-3-2-4-15(16)21-17(22)12(10-20)8-11-9-13(18)6-7-14(11)19/h2-9H,1H3/b12-8+. The number of hydrogen-bond donors (Lipinski definition) is 0. The molecule has 0 saturated heterocycles. The maximum absolute atomic E-state index is 13.9. The molecule has 0 unspecified atom stereocenters. The second-order valence-electron chi connectivity index (χ2n) is 4.82. The SMILES string of the molecule is Cn1c(/C(C#N)=C/c2cc(Br)ccc2F)nc2ccccc21. The van der Waals surface area contributed by atoms with Crippen molar-refractivity contribution >= 4 is 38.6 Å². The minimum atomic E-state index is -0.380. The predicted molar refractivity (Wildman–Crippen MR) is 88.3 cm³/mol. The van der Waals surface area contributed by atoms with Crippen LogP contribution >= 0.6 is 15.9 Å². The molecule has 108 valence electrons. The Kier molecular flexibility index (Phi) is 3.78. The van der Waals surface area contributed by atoms with Gasteiger partial charge in [0.05, 0.1) is 16.6 Å². The van der Waals surface area contributed by atoms with Crippen molar-refractivity contribution in [2.24, 2.45) is 7.05 Å². The lowest BCUT2D eigenvalue weighted by atomic mass is 10.1. The largest absolute Gasteiger partial charge is 0.327 e. The van der Waals surface area contributed by atoms with Crippen molar-refractivity contribution in [1.29, 1.82) is 5.26 Å². The summed E-state index contributed by atoms with van der Waals surface area (Å²) >= 11 is 3.31. The highest BCUT2D eigenvalue weighted by Gasteiger charge is 2.12. The van der Waals surface area contributed by atoms with Crippen molar-refractivity contribution in [3.8, 4) is 6.07 Å². The number of aromatic nitrogens is 2. The number of halogens is 2. The van der Waals surface area contributed by atoms with E-state index in [0.717, 1.165) is 15.5 Å². The number of benzene rings is 2. The maximum atomic E-state index is 13.9. The fourth-order valence-corrected chi connectivity index (χ4v) is 2.69. The van der Waals surface area contributed by atoms with Gasteiger partial charge in [0.2, 0.25) is 0 Å². The molecular formula is C17H11BrFN3. The second-order valence-corrected chi connectivity index (χ2v) is 5.73. The maximum Gasteiger partial charge on any atom is 0.151 e. The molecule has 0 fully saturated rings. The van der Waals surface area contributed by atoms with Crippen LogP contribution in [0.5, 0.6) is 0 Å². The molecule has 0 amide bonds. The molecule has 0 saturated carbocycles. The molecule has 2 aromatic carbocycles. The van der Waals surface area contributed by atoms with Crippen LogP contribution < -0.4 is 0 Å². The summed E-state index contributed by atoms with van der Waals surface area (Å²) < 4.78 is 16.5. The van der Waals surface area contributed by atoms with E-state index in [4.69, 9.17) is 0 Å². The van der Waals surface area contributed by atoms with Crippen LogP contribution in [0.2, 0.25) is 0 Å². The Morgan fingerprint density at radius 1 is 1.32 bits per heavy atom. The van der Waals surface area contributed by atoms with E-state index in [1.807, 2.05) is 35.9 Å². The summed E-state index contributed by atoms with van der Waals surface area (Å²) in [5.74, 6) is 0.137. The van der Waals surface area contributed by atoms with Gasteiger partial charge < -0.3 is 4.57 Å². The fourth-order valence-electron chi connectivity index (χ4n) is 2.31. The molecule has 1 aromatic heterocycles. The van der Waals surface area contributed by atoms with Crippen LogP contribution in [0.15, 0.2) is 46.9 Å². The van der Waals surface area contributed by atoms with Gasteiger partial charge in [-0.05, 0) is 36.4 Å². The molecule has 0 atom stereocenters. The van der Waals surface area contributed by atoms with E-state index in [9.17, 15) is 9.65 Å². The lowest BCUT2D eigenvalue weighted by molar-refractivity contribution is 0.625. The van der Waals surface area contributed by atoms with E-state index >= 15 is 0 Å². The van der Waals surface area contributed by atoms with Gasteiger partial charge in [0.15, 0.2) is 5.82 Å². The number of aryl methyl sites for hydroxylation is 1. The highest BCUT2D eigenvalue weighted by atomic mass is 79.9. The fraction of sp³-hybridized carbons (Fsp3) is 0.0588. The molecule has 0 aliphatic carbocycles. The Balaban J connectivity index is 2.18. The van der Waals surface area contributed by atoms with E-state index in [1.54, 1.807) is 12.1 Å². The quantitative estimate of drug-likeness (QED) is 0.633. The zero-order valence-electron chi connectivity index (χ0n) is 11.7. The molecule has 3 nitrogen and oxygen atoms in total. The molecule has 3 aromatic rings. The Bertz CT molecular complexity index is 935. The van der Waals surface area contributed by atoms with Gasteiger partial charge in [-0.1, -0.05) is 28.1 Å². The Labute approximate surface area is 135 Å². The molecule has 22 heavy (non-hydrogen) atoms. The van der Waals surface area contributed by atoms with Gasteiger partial charge in [-0.25, -0.2) is 9.37 Å². The summed E-state index contributed by atoms with van der Waals surface area (Å²) in [6, 6.07) is 14.3. The third-order valence-electron chi connectivity index (χ3n) is 3.41. The van der Waals surface area contributed by atoms with Gasteiger partial charge in [-0.3, -0.25) is 0 Å². The smallest absolute Gasteiger partial charge is 0.151 e. The van der Waals surface area contributed by atoms with Crippen molar-refractivity contribution in [2.45, 2.75) is 0 Å². The first-order valence-corrected chi connectivity index (χ1v) is 7.38. The van der Waals surface area contributed by atoms with Crippen LogP contribution in [0.25, 0.3) is 22.7 Å². The minimum Gasteiger partial charge on any atom is -0.327 e. The summed E-state index contributed by atoms with van der Waals surface area (Å²) in [5.41, 5.74) is 2.39. The first kappa shape index (κ1) is 14.5. The van der Waals surface area contributed by atoms with Crippen molar-refractivity contribution in [3.05, 3.63) is 64.1 Å². The summed E-state index contributed by atoms with van der Waals surface area (Å²) in [7, 11) is 1.84. The Morgan fingerprint density at radius 2 is 2.09 bits per heavy atom. The van der Waals surface area contributed by atoms with Crippen molar-refractivity contribution < 1.29 is 4.39 Å². The molecule has 0 bridgehead atoms. The third kappa shape index (κ3) is 2.53. The monoisotopic (exact) mass is 355 g/mol. The highest BCUT2D eigenvalue weighted by molar-refractivity contribution is 9.10. The van der Waals surface area contributed by atoms with Gasteiger partial charge in [0, 0.05) is 17.1 Å². The topological polar surface area (TPSA) is 41.6 Å². The summed E-state index contributed by atoms with van der Waals surface area (Å²) in [6.07, 6.45) is 1.52. The zero-order chi connectivity index (χ0) is 15.7. The van der Waals surface area contributed by atoms with Crippen LogP contribution in [0.4, 0.5) is 4.39 Å². The van der Waals surface area contributed by atoms with Crippen LogP contribution in [0, 0.1) is 17.1 Å². The van der Waals surface area contributed by atoms with Crippen LogP contribution in [-0.4, -0.2) is 9.55 Å². The van der Waals surface area contributed by atoms with Crippen LogP contribution in [0.3, 0.4) is 0 Å². The average Bonchev–Trinajstić information content (AvgIpc) is 2.85. The average molecular weight is 356 g/mol. The van der Waals surface area contributed by atoms with Gasteiger partial charge in [0.1, 0.15) is 11.9 Å². The molecule has 1 heterocycles. The number of allylic oxidation sites excluding steroid dienone is 1. The number of rotatable bonds is 2. The van der Waals surface area contributed by atoms with E-state index in [1.165, 1.54) is 12.1 Å². The zero-order valence-corrected chi connectivity index (χ0v) is 13.3. The van der Waals surface area contributed by atoms with E-state index in [2.05, 4.69) is 27.0 Å². The third-order valence-corrected chi connectivity index (χ3v) is 3.90. The Hall–Kier alpha value is -2.45. The van der Waals surface area contributed by atoms with E-state index in [0.29, 0.717) is 17.0 Å². The summed E-state index contributed by atoms with van der Waals surface area (Å²) in [6.45, 7) is 0. The molecule has 5 heteroatoms. The second kappa shape index (κ2) is 5.74. The van der Waals surface area contributed by atoms with Crippen molar-refractivity contribution in [1.82, 2.24) is 9.55 Å². The van der Waals surface area contributed by atoms with E-state index < -0.39 is 0 Å². The number of para-hydroxylation sites is 2. The lowest BCUT2D eigenvalue weighted by Gasteiger charge is -2.02. The summed E-state index contributed by atoms with van der Waals surface area (Å²) in [4.78, 5) is 4.47. The normalized spacial score (nSPS) is 11.6. The highest BCUT2D eigenvalue weighted by Crippen LogP contribution is 2.24. The van der Waals surface area contributed by atoms with Crippen LogP contribution in [0.1, 0.15) is 11.4 Å². The molecular weight excluding hydrogens is 345 g/mol. The molecule has 0 spiro atoms. The number of fused-ring (bicyclic) bond motifs is 1. The van der Waals surface area contributed by atoms with Gasteiger partial charge in [-0.15, -0.1) is 0 Å². The summed E-state index contributed by atoms with van der Waals surface area (Å²) in [5, 5.41) is 9.44. The minimum absolute atomic E-state index is 0.315. The number of hydrogen-bond acceptors (Lipinski definition) is 2. The first-order chi connectivity index (χ1) is 10.6. The van der Waals surface area contributed by atoms with Gasteiger partial charge in [-0.2, -0.15) is 5.26 Å². The first-order valence-electron chi connectivity index (χ1n) is 6.59.